The van der Waals surface area contributed by atoms with Crippen molar-refractivity contribution in [2.75, 3.05) is 29.9 Å². The molecule has 1 aliphatic heterocycles. The Kier molecular flexibility index (Phi) is 6.31. The van der Waals surface area contributed by atoms with Crippen molar-refractivity contribution in [2.45, 2.75) is 26.7 Å². The third kappa shape index (κ3) is 5.37. The molecule has 1 heterocycles. The third-order valence-electron chi connectivity index (χ3n) is 3.80. The number of nitrogens with zero attached hydrogens (tertiary/aromatic N) is 1. The second kappa shape index (κ2) is 8.22. The van der Waals surface area contributed by atoms with Gasteiger partial charge in [-0.25, -0.2) is 0 Å². The topological polar surface area (TPSA) is 49.4 Å². The van der Waals surface area contributed by atoms with Gasteiger partial charge in [0.2, 0.25) is 11.8 Å². The number of hydrogen-bond acceptors (Lipinski definition) is 3. The van der Waals surface area contributed by atoms with Crippen molar-refractivity contribution in [1.82, 2.24) is 4.90 Å². The minimum Gasteiger partial charge on any atom is -0.342 e. The first-order valence-corrected chi connectivity index (χ1v) is 8.92. The molecule has 0 aliphatic carbocycles. The molecular weight excluding hydrogens is 296 g/mol. The summed E-state index contributed by atoms with van der Waals surface area (Å²) in [5, 5.41) is 2.84. The van der Waals surface area contributed by atoms with Crippen molar-refractivity contribution in [2.24, 2.45) is 5.92 Å². The molecule has 2 amide bonds. The lowest BCUT2D eigenvalue weighted by molar-refractivity contribution is -0.130. The summed E-state index contributed by atoms with van der Waals surface area (Å²) in [7, 11) is 0. The molecule has 0 spiro atoms. The number of carbonyl (C=O) groups is 2. The number of piperidine rings is 1. The van der Waals surface area contributed by atoms with Gasteiger partial charge in [0.15, 0.2) is 0 Å². The molecule has 0 radical (unpaired) electrons. The Hall–Kier alpha value is -1.49. The molecule has 120 valence electrons. The van der Waals surface area contributed by atoms with Crippen molar-refractivity contribution < 1.29 is 9.59 Å². The highest BCUT2D eigenvalue weighted by molar-refractivity contribution is 8.00. The molecule has 0 bridgehead atoms. The van der Waals surface area contributed by atoms with Gasteiger partial charge in [-0.1, -0.05) is 24.6 Å². The van der Waals surface area contributed by atoms with E-state index >= 15 is 0 Å². The zero-order chi connectivity index (χ0) is 15.9. The minimum atomic E-state index is -0.0614. The number of rotatable bonds is 5. The van der Waals surface area contributed by atoms with Crippen LogP contribution in [0.3, 0.4) is 0 Å². The van der Waals surface area contributed by atoms with Crippen LogP contribution >= 0.6 is 11.8 Å². The molecule has 1 atom stereocenters. The Labute approximate surface area is 136 Å². The molecule has 1 aromatic rings. The van der Waals surface area contributed by atoms with Gasteiger partial charge in [0.25, 0.3) is 0 Å². The highest BCUT2D eigenvalue weighted by atomic mass is 32.2. The van der Waals surface area contributed by atoms with Gasteiger partial charge in [-0.05, 0) is 37.8 Å². The van der Waals surface area contributed by atoms with E-state index in [2.05, 4.69) is 12.2 Å². The van der Waals surface area contributed by atoms with Gasteiger partial charge in [0.05, 0.1) is 11.5 Å². The van der Waals surface area contributed by atoms with Gasteiger partial charge in [-0.3, -0.25) is 9.59 Å². The number of likely N-dealkylation sites (tertiary alicyclic amines) is 1. The normalized spacial score (nSPS) is 18.1. The molecule has 1 unspecified atom stereocenters. The maximum Gasteiger partial charge on any atom is 0.234 e. The third-order valence-corrected chi connectivity index (χ3v) is 4.72. The molecule has 22 heavy (non-hydrogen) atoms. The molecule has 1 aliphatic rings. The standard InChI is InChI=1S/C17H24N2O2S/c1-13-5-7-15(8-6-13)18-16(20)11-22-12-17(21)19-9-3-4-14(2)10-19/h5-8,14H,3-4,9-12H2,1-2H3,(H,18,20). The van der Waals surface area contributed by atoms with Crippen LogP contribution in [0.1, 0.15) is 25.3 Å². The number of thioether (sulfide) groups is 1. The van der Waals surface area contributed by atoms with Crippen LogP contribution in [-0.2, 0) is 9.59 Å². The first-order valence-electron chi connectivity index (χ1n) is 7.76. The van der Waals surface area contributed by atoms with Gasteiger partial charge in [-0.15, -0.1) is 11.8 Å². The second-order valence-corrected chi connectivity index (χ2v) is 6.98. The molecule has 0 saturated carbocycles. The van der Waals surface area contributed by atoms with Gasteiger partial charge >= 0.3 is 0 Å². The molecule has 0 aromatic heterocycles. The average molecular weight is 320 g/mol. The van der Waals surface area contributed by atoms with Gasteiger partial charge in [-0.2, -0.15) is 0 Å². The number of amides is 2. The number of carbonyl (C=O) groups excluding carboxylic acids is 2. The Morgan fingerprint density at radius 2 is 2.00 bits per heavy atom. The van der Waals surface area contributed by atoms with Crippen LogP contribution in [-0.4, -0.2) is 41.3 Å². The zero-order valence-electron chi connectivity index (χ0n) is 13.3. The number of nitrogens with one attached hydrogen (secondary N) is 1. The molecule has 1 aromatic carbocycles. The van der Waals surface area contributed by atoms with E-state index in [-0.39, 0.29) is 11.8 Å². The first-order chi connectivity index (χ1) is 10.5. The van der Waals surface area contributed by atoms with E-state index in [9.17, 15) is 9.59 Å². The Morgan fingerprint density at radius 3 is 2.68 bits per heavy atom. The maximum absolute atomic E-state index is 12.1. The summed E-state index contributed by atoms with van der Waals surface area (Å²) in [5.41, 5.74) is 1.96. The Balaban J connectivity index is 1.68. The van der Waals surface area contributed by atoms with Crippen LogP contribution < -0.4 is 5.32 Å². The Morgan fingerprint density at radius 1 is 1.27 bits per heavy atom. The largest absolute Gasteiger partial charge is 0.342 e. The number of aryl methyl sites for hydroxylation is 1. The van der Waals surface area contributed by atoms with E-state index in [0.29, 0.717) is 17.4 Å². The fourth-order valence-electron chi connectivity index (χ4n) is 2.57. The van der Waals surface area contributed by atoms with Crippen LogP contribution in [0.2, 0.25) is 0 Å². The van der Waals surface area contributed by atoms with Gasteiger partial charge in [0, 0.05) is 18.8 Å². The summed E-state index contributed by atoms with van der Waals surface area (Å²) in [4.78, 5) is 25.9. The van der Waals surface area contributed by atoms with E-state index < -0.39 is 0 Å². The average Bonchev–Trinajstić information content (AvgIpc) is 2.49. The maximum atomic E-state index is 12.1. The summed E-state index contributed by atoms with van der Waals surface area (Å²) in [6.07, 6.45) is 2.29. The highest BCUT2D eigenvalue weighted by Gasteiger charge is 2.20. The first kappa shape index (κ1) is 16.9. The summed E-state index contributed by atoms with van der Waals surface area (Å²) < 4.78 is 0. The molecule has 1 N–H and O–H groups in total. The quantitative estimate of drug-likeness (QED) is 0.907. The summed E-state index contributed by atoms with van der Waals surface area (Å²) in [6, 6.07) is 7.70. The molecule has 1 fully saturated rings. The molecule has 2 rings (SSSR count). The van der Waals surface area contributed by atoms with Crippen molar-refractivity contribution in [3.63, 3.8) is 0 Å². The number of benzene rings is 1. The minimum absolute atomic E-state index is 0.0614. The van der Waals surface area contributed by atoms with Crippen LogP contribution in [0.15, 0.2) is 24.3 Å². The highest BCUT2D eigenvalue weighted by Crippen LogP contribution is 2.17. The fraction of sp³-hybridized carbons (Fsp3) is 0.529. The van der Waals surface area contributed by atoms with Crippen molar-refractivity contribution in [3.8, 4) is 0 Å². The predicted molar refractivity (Wildman–Crippen MR) is 92.1 cm³/mol. The lowest BCUT2D eigenvalue weighted by Gasteiger charge is -2.30. The molecular formula is C17H24N2O2S. The SMILES string of the molecule is Cc1ccc(NC(=O)CSCC(=O)N2CCCC(C)C2)cc1. The van der Waals surface area contributed by atoms with E-state index in [1.165, 1.54) is 18.2 Å². The van der Waals surface area contributed by atoms with Crippen LogP contribution in [0, 0.1) is 12.8 Å². The summed E-state index contributed by atoms with van der Waals surface area (Å²) >= 11 is 1.38. The van der Waals surface area contributed by atoms with Crippen molar-refractivity contribution >= 4 is 29.3 Å². The molecule has 5 heteroatoms. The van der Waals surface area contributed by atoms with Crippen molar-refractivity contribution in [1.29, 1.82) is 0 Å². The smallest absolute Gasteiger partial charge is 0.234 e. The van der Waals surface area contributed by atoms with Crippen molar-refractivity contribution in [3.05, 3.63) is 29.8 Å². The van der Waals surface area contributed by atoms with Crippen LogP contribution in [0.25, 0.3) is 0 Å². The second-order valence-electron chi connectivity index (χ2n) is 5.99. The van der Waals surface area contributed by atoms with E-state index in [4.69, 9.17) is 0 Å². The lowest BCUT2D eigenvalue weighted by atomic mass is 10.0. The summed E-state index contributed by atoms with van der Waals surface area (Å²) in [6.45, 7) is 5.91. The lowest BCUT2D eigenvalue weighted by Crippen LogP contribution is -2.40. The van der Waals surface area contributed by atoms with Gasteiger partial charge in [0.1, 0.15) is 0 Å². The van der Waals surface area contributed by atoms with E-state index in [1.807, 2.05) is 36.1 Å². The zero-order valence-corrected chi connectivity index (χ0v) is 14.1. The van der Waals surface area contributed by atoms with Gasteiger partial charge < -0.3 is 10.2 Å². The summed E-state index contributed by atoms with van der Waals surface area (Å²) in [5.74, 6) is 1.37. The monoisotopic (exact) mass is 320 g/mol. The predicted octanol–water partition coefficient (Wildman–Crippen LogP) is 2.93. The van der Waals surface area contributed by atoms with Crippen LogP contribution in [0.5, 0.6) is 0 Å². The number of anilines is 1. The number of hydrogen-bond donors (Lipinski definition) is 1. The fourth-order valence-corrected chi connectivity index (χ4v) is 3.29. The van der Waals surface area contributed by atoms with Crippen LogP contribution in [0.4, 0.5) is 5.69 Å². The molecule has 4 nitrogen and oxygen atoms in total. The molecule has 1 saturated heterocycles. The van der Waals surface area contributed by atoms with E-state index in [0.717, 1.165) is 30.8 Å². The Bertz CT molecular complexity index is 516. The van der Waals surface area contributed by atoms with E-state index in [1.54, 1.807) is 0 Å².